The minimum absolute atomic E-state index is 0.204. The lowest BCUT2D eigenvalue weighted by atomic mass is 10.2. The summed E-state index contributed by atoms with van der Waals surface area (Å²) in [5.41, 5.74) is 0.703. The Labute approximate surface area is 142 Å². The number of para-hydroxylation sites is 1. The third-order valence-electron chi connectivity index (χ3n) is 3.06. The Morgan fingerprint density at radius 1 is 1.26 bits per heavy atom. The van der Waals surface area contributed by atoms with Crippen LogP contribution < -0.4 is 9.64 Å². The summed E-state index contributed by atoms with van der Waals surface area (Å²) in [5, 5.41) is 8.75. The van der Waals surface area contributed by atoms with Gasteiger partial charge in [-0.2, -0.15) is 5.26 Å². The van der Waals surface area contributed by atoms with E-state index in [4.69, 9.17) is 10.00 Å². The predicted octanol–water partition coefficient (Wildman–Crippen LogP) is 3.91. The molecular formula is C17H14BrFN2O2. The number of hydrogen-bond donors (Lipinski definition) is 0. The number of amides is 1. The van der Waals surface area contributed by atoms with Gasteiger partial charge in [0.2, 0.25) is 0 Å². The fourth-order valence-electron chi connectivity index (χ4n) is 1.98. The smallest absolute Gasteiger partial charge is 0.264 e. The minimum atomic E-state index is -0.393. The molecule has 2 aromatic rings. The largest absolute Gasteiger partial charge is 0.483 e. The summed E-state index contributed by atoms with van der Waals surface area (Å²) in [6, 6.07) is 15.1. The van der Waals surface area contributed by atoms with Crippen molar-refractivity contribution in [2.75, 3.05) is 18.1 Å². The van der Waals surface area contributed by atoms with Gasteiger partial charge in [0.15, 0.2) is 6.61 Å². The van der Waals surface area contributed by atoms with Crippen molar-refractivity contribution in [1.82, 2.24) is 0 Å². The average Bonchev–Trinajstić information content (AvgIpc) is 2.55. The van der Waals surface area contributed by atoms with Crippen molar-refractivity contribution in [1.29, 1.82) is 5.26 Å². The van der Waals surface area contributed by atoms with Crippen LogP contribution in [0.2, 0.25) is 0 Å². The summed E-state index contributed by atoms with van der Waals surface area (Å²) in [6.45, 7) is 0.0812. The molecule has 118 valence electrons. The van der Waals surface area contributed by atoms with E-state index in [1.165, 1.54) is 23.1 Å². The van der Waals surface area contributed by atoms with E-state index in [1.54, 1.807) is 12.1 Å². The van der Waals surface area contributed by atoms with Crippen molar-refractivity contribution in [3.63, 3.8) is 0 Å². The molecule has 0 saturated heterocycles. The van der Waals surface area contributed by atoms with Crippen LogP contribution in [0.25, 0.3) is 0 Å². The lowest BCUT2D eigenvalue weighted by Gasteiger charge is -2.22. The highest BCUT2D eigenvalue weighted by Crippen LogP contribution is 2.25. The number of ether oxygens (including phenoxy) is 1. The fraction of sp³-hybridized carbons (Fsp3) is 0.176. The summed E-state index contributed by atoms with van der Waals surface area (Å²) < 4.78 is 18.9. The number of benzene rings is 2. The number of carbonyl (C=O) groups is 1. The van der Waals surface area contributed by atoms with Crippen LogP contribution in [-0.4, -0.2) is 19.1 Å². The second-order valence-electron chi connectivity index (χ2n) is 4.65. The van der Waals surface area contributed by atoms with Gasteiger partial charge in [-0.15, -0.1) is 0 Å². The molecule has 23 heavy (non-hydrogen) atoms. The highest BCUT2D eigenvalue weighted by molar-refractivity contribution is 9.10. The number of hydrogen-bond acceptors (Lipinski definition) is 3. The second-order valence-corrected chi connectivity index (χ2v) is 5.51. The van der Waals surface area contributed by atoms with Crippen molar-refractivity contribution in [3.8, 4) is 11.8 Å². The van der Waals surface area contributed by atoms with Gasteiger partial charge in [-0.3, -0.25) is 4.79 Å². The molecule has 2 rings (SSSR count). The second kappa shape index (κ2) is 8.30. The van der Waals surface area contributed by atoms with E-state index < -0.39 is 5.82 Å². The van der Waals surface area contributed by atoms with Crippen molar-refractivity contribution in [3.05, 3.63) is 58.8 Å². The van der Waals surface area contributed by atoms with Crippen LogP contribution >= 0.6 is 15.9 Å². The van der Waals surface area contributed by atoms with Gasteiger partial charge in [-0.05, 0) is 46.3 Å². The van der Waals surface area contributed by atoms with Gasteiger partial charge in [-0.25, -0.2) is 4.39 Å². The molecule has 0 atom stereocenters. The van der Waals surface area contributed by atoms with Crippen LogP contribution in [-0.2, 0) is 4.79 Å². The lowest BCUT2D eigenvalue weighted by molar-refractivity contribution is -0.120. The number of anilines is 1. The molecule has 0 aromatic heterocycles. The Morgan fingerprint density at radius 2 is 2.00 bits per heavy atom. The van der Waals surface area contributed by atoms with Gasteiger partial charge in [0, 0.05) is 12.2 Å². The number of nitrogens with zero attached hydrogens (tertiary/aromatic N) is 2. The maximum Gasteiger partial charge on any atom is 0.264 e. The molecule has 0 saturated carbocycles. The first-order valence-corrected chi connectivity index (χ1v) is 7.71. The number of halogens is 2. The van der Waals surface area contributed by atoms with E-state index in [-0.39, 0.29) is 25.5 Å². The van der Waals surface area contributed by atoms with Gasteiger partial charge in [0.05, 0.1) is 17.0 Å². The molecule has 0 spiro atoms. The number of nitriles is 1. The normalized spacial score (nSPS) is 9.96. The van der Waals surface area contributed by atoms with Gasteiger partial charge in [0.1, 0.15) is 11.6 Å². The monoisotopic (exact) mass is 376 g/mol. The molecule has 0 unspecified atom stereocenters. The zero-order chi connectivity index (χ0) is 16.7. The molecule has 1 amide bonds. The highest BCUT2D eigenvalue weighted by Gasteiger charge is 2.16. The first-order chi connectivity index (χ1) is 11.1. The molecule has 0 aliphatic rings. The summed E-state index contributed by atoms with van der Waals surface area (Å²) in [5.74, 6) is -0.286. The van der Waals surface area contributed by atoms with E-state index in [2.05, 4.69) is 15.9 Å². The highest BCUT2D eigenvalue weighted by atomic mass is 79.9. The molecule has 0 N–H and O–H groups in total. The van der Waals surface area contributed by atoms with Gasteiger partial charge in [-0.1, -0.05) is 18.2 Å². The standard InChI is InChI=1S/C17H14BrFN2O2/c18-15-11-13(19)7-8-16(15)23-12-17(22)21(10-4-9-20)14-5-2-1-3-6-14/h1-3,5-8,11H,4,10,12H2. The Kier molecular flexibility index (Phi) is 6.12. The average molecular weight is 377 g/mol. The van der Waals surface area contributed by atoms with E-state index in [0.29, 0.717) is 15.9 Å². The summed E-state index contributed by atoms with van der Waals surface area (Å²) >= 11 is 3.19. The molecule has 0 bridgehead atoms. The molecule has 0 aliphatic carbocycles. The zero-order valence-corrected chi connectivity index (χ0v) is 13.8. The quantitative estimate of drug-likeness (QED) is 0.767. The number of carbonyl (C=O) groups excluding carboxylic acids is 1. The molecule has 0 radical (unpaired) electrons. The lowest BCUT2D eigenvalue weighted by Crippen LogP contribution is -2.35. The minimum Gasteiger partial charge on any atom is -0.483 e. The van der Waals surface area contributed by atoms with Crippen molar-refractivity contribution in [2.45, 2.75) is 6.42 Å². The van der Waals surface area contributed by atoms with E-state index in [0.717, 1.165) is 0 Å². The third-order valence-corrected chi connectivity index (χ3v) is 3.68. The molecule has 0 heterocycles. The van der Waals surface area contributed by atoms with Gasteiger partial charge >= 0.3 is 0 Å². The van der Waals surface area contributed by atoms with Crippen molar-refractivity contribution in [2.24, 2.45) is 0 Å². The molecular weight excluding hydrogens is 363 g/mol. The Balaban J connectivity index is 2.07. The summed E-state index contributed by atoms with van der Waals surface area (Å²) in [7, 11) is 0. The van der Waals surface area contributed by atoms with E-state index in [1.807, 2.05) is 24.3 Å². The SMILES string of the molecule is N#CCCN(C(=O)COc1ccc(F)cc1Br)c1ccccc1. The van der Waals surface area contributed by atoms with Crippen LogP contribution in [0.3, 0.4) is 0 Å². The Bertz CT molecular complexity index is 716. The van der Waals surface area contributed by atoms with Crippen molar-refractivity contribution >= 4 is 27.5 Å². The Hall–Kier alpha value is -2.39. The molecule has 2 aromatic carbocycles. The van der Waals surface area contributed by atoms with Crippen LogP contribution in [0, 0.1) is 17.1 Å². The first-order valence-electron chi connectivity index (χ1n) is 6.92. The zero-order valence-electron chi connectivity index (χ0n) is 12.2. The van der Waals surface area contributed by atoms with Crippen LogP contribution in [0.1, 0.15) is 6.42 Å². The number of rotatable bonds is 6. The van der Waals surface area contributed by atoms with E-state index in [9.17, 15) is 9.18 Å². The Morgan fingerprint density at radius 3 is 2.65 bits per heavy atom. The van der Waals surface area contributed by atoms with Crippen LogP contribution in [0.15, 0.2) is 53.0 Å². The van der Waals surface area contributed by atoms with Gasteiger partial charge < -0.3 is 9.64 Å². The van der Waals surface area contributed by atoms with Gasteiger partial charge in [0.25, 0.3) is 5.91 Å². The van der Waals surface area contributed by atoms with Crippen molar-refractivity contribution < 1.29 is 13.9 Å². The van der Waals surface area contributed by atoms with Crippen LogP contribution in [0.5, 0.6) is 5.75 Å². The predicted molar refractivity (Wildman–Crippen MR) is 88.6 cm³/mol. The van der Waals surface area contributed by atoms with E-state index >= 15 is 0 Å². The summed E-state index contributed by atoms with van der Waals surface area (Å²) in [6.07, 6.45) is 0.223. The fourth-order valence-corrected chi connectivity index (χ4v) is 2.44. The van der Waals surface area contributed by atoms with Crippen LogP contribution in [0.4, 0.5) is 10.1 Å². The molecule has 4 nitrogen and oxygen atoms in total. The molecule has 0 fully saturated rings. The maximum absolute atomic E-state index is 13.0. The first kappa shape index (κ1) is 17.0. The molecule has 6 heteroatoms. The topological polar surface area (TPSA) is 53.3 Å². The third kappa shape index (κ3) is 4.80. The maximum atomic E-state index is 13.0. The molecule has 0 aliphatic heterocycles. The summed E-state index contributed by atoms with van der Waals surface area (Å²) in [4.78, 5) is 13.9.